The number of nitrogens with one attached hydrogen (secondary N) is 2. The van der Waals surface area contributed by atoms with Crippen molar-refractivity contribution >= 4 is 37.5 Å². The standard InChI is InChI=1S/C22H23N3O3S2/c26-21(23-14-15-24-30(27,28)16-8-2-1-3-9-16)17-10-4-5-11-18(17)22-25-19-12-6-7-13-20(19)29-22/h1-9,12-13,17-18,24H,10-11,14-15H2,(H,23,26). The Labute approximate surface area is 180 Å². The van der Waals surface area contributed by atoms with E-state index >= 15 is 0 Å². The fourth-order valence-electron chi connectivity index (χ4n) is 3.61. The van der Waals surface area contributed by atoms with Gasteiger partial charge in [-0.05, 0) is 37.1 Å². The minimum absolute atomic E-state index is 0.0356. The highest BCUT2D eigenvalue weighted by Gasteiger charge is 2.32. The molecule has 2 unspecified atom stereocenters. The van der Waals surface area contributed by atoms with Gasteiger partial charge in [0.25, 0.3) is 0 Å². The predicted molar refractivity (Wildman–Crippen MR) is 119 cm³/mol. The Morgan fingerprint density at radius 1 is 1.00 bits per heavy atom. The summed E-state index contributed by atoms with van der Waals surface area (Å²) in [5.41, 5.74) is 0.960. The molecule has 0 fully saturated rings. The number of benzene rings is 2. The predicted octanol–water partition coefficient (Wildman–Crippen LogP) is 3.44. The third-order valence-corrected chi connectivity index (χ3v) is 7.81. The summed E-state index contributed by atoms with van der Waals surface area (Å²) in [5, 5.41) is 3.86. The third kappa shape index (κ3) is 4.61. The summed E-state index contributed by atoms with van der Waals surface area (Å²) in [7, 11) is -3.57. The van der Waals surface area contributed by atoms with E-state index in [1.54, 1.807) is 29.5 Å². The molecular weight excluding hydrogens is 418 g/mol. The number of carbonyl (C=O) groups is 1. The first kappa shape index (κ1) is 20.7. The zero-order chi connectivity index (χ0) is 21.0. The Balaban J connectivity index is 1.36. The SMILES string of the molecule is O=C(NCCNS(=O)(=O)c1ccccc1)C1CC=CCC1c1nc2ccccc2s1. The second-order valence-electron chi connectivity index (χ2n) is 7.18. The first-order chi connectivity index (χ1) is 14.5. The lowest BCUT2D eigenvalue weighted by Crippen LogP contribution is -2.39. The molecule has 4 rings (SSSR count). The molecule has 0 saturated carbocycles. The summed E-state index contributed by atoms with van der Waals surface area (Å²) in [6.07, 6.45) is 5.57. The smallest absolute Gasteiger partial charge is 0.240 e. The highest BCUT2D eigenvalue weighted by Crippen LogP contribution is 2.38. The van der Waals surface area contributed by atoms with E-state index in [9.17, 15) is 13.2 Å². The van der Waals surface area contributed by atoms with Gasteiger partial charge in [0.2, 0.25) is 15.9 Å². The lowest BCUT2D eigenvalue weighted by Gasteiger charge is -2.26. The Hall–Kier alpha value is -2.55. The Morgan fingerprint density at radius 3 is 2.53 bits per heavy atom. The van der Waals surface area contributed by atoms with Gasteiger partial charge in [-0.3, -0.25) is 4.79 Å². The van der Waals surface area contributed by atoms with Gasteiger partial charge in [0.05, 0.1) is 26.0 Å². The molecule has 3 aromatic rings. The van der Waals surface area contributed by atoms with E-state index in [-0.39, 0.29) is 35.7 Å². The molecule has 156 valence electrons. The molecule has 2 atom stereocenters. The van der Waals surface area contributed by atoms with E-state index in [4.69, 9.17) is 4.98 Å². The van der Waals surface area contributed by atoms with Crippen LogP contribution in [0, 0.1) is 5.92 Å². The van der Waals surface area contributed by atoms with Crippen LogP contribution in [0.5, 0.6) is 0 Å². The van der Waals surface area contributed by atoms with Crippen LogP contribution in [0.3, 0.4) is 0 Å². The van der Waals surface area contributed by atoms with Gasteiger partial charge >= 0.3 is 0 Å². The number of hydrogen-bond donors (Lipinski definition) is 2. The van der Waals surface area contributed by atoms with Crippen molar-refractivity contribution in [3.63, 3.8) is 0 Å². The molecule has 0 aliphatic heterocycles. The topological polar surface area (TPSA) is 88.2 Å². The van der Waals surface area contributed by atoms with E-state index in [0.717, 1.165) is 21.6 Å². The molecular formula is C22H23N3O3S2. The second-order valence-corrected chi connectivity index (χ2v) is 10.0. The lowest BCUT2D eigenvalue weighted by atomic mass is 9.82. The van der Waals surface area contributed by atoms with E-state index in [2.05, 4.69) is 16.1 Å². The van der Waals surface area contributed by atoms with Crippen LogP contribution in [0.4, 0.5) is 0 Å². The lowest BCUT2D eigenvalue weighted by molar-refractivity contribution is -0.125. The monoisotopic (exact) mass is 441 g/mol. The molecule has 1 aromatic heterocycles. The maximum Gasteiger partial charge on any atom is 0.240 e. The molecule has 0 spiro atoms. The summed E-state index contributed by atoms with van der Waals surface area (Å²) >= 11 is 1.64. The number of amides is 1. The number of allylic oxidation sites excluding steroid dienone is 2. The van der Waals surface area contributed by atoms with E-state index in [0.29, 0.717) is 6.42 Å². The minimum atomic E-state index is -3.57. The largest absolute Gasteiger partial charge is 0.355 e. The summed E-state index contributed by atoms with van der Waals surface area (Å²) < 4.78 is 28.2. The van der Waals surface area contributed by atoms with Crippen LogP contribution >= 0.6 is 11.3 Å². The quantitative estimate of drug-likeness (QED) is 0.434. The van der Waals surface area contributed by atoms with Gasteiger partial charge in [-0.2, -0.15) is 0 Å². The fourth-order valence-corrected chi connectivity index (χ4v) is 5.81. The zero-order valence-electron chi connectivity index (χ0n) is 16.3. The highest BCUT2D eigenvalue weighted by atomic mass is 32.2. The molecule has 2 N–H and O–H groups in total. The average molecular weight is 442 g/mol. The summed E-state index contributed by atoms with van der Waals surface area (Å²) in [5.74, 6) is -0.239. The molecule has 2 aromatic carbocycles. The number of fused-ring (bicyclic) bond motifs is 1. The number of thiazole rings is 1. The highest BCUT2D eigenvalue weighted by molar-refractivity contribution is 7.89. The maximum absolute atomic E-state index is 12.8. The van der Waals surface area contributed by atoms with E-state index in [1.165, 1.54) is 12.1 Å². The molecule has 0 bridgehead atoms. The first-order valence-corrected chi connectivity index (χ1v) is 12.2. The molecule has 30 heavy (non-hydrogen) atoms. The normalized spacial score (nSPS) is 19.1. The molecule has 0 radical (unpaired) electrons. The summed E-state index contributed by atoms with van der Waals surface area (Å²) in [6.45, 7) is 0.370. The molecule has 1 aliphatic rings. The van der Waals surface area contributed by atoms with Gasteiger partial charge in [0, 0.05) is 19.0 Å². The van der Waals surface area contributed by atoms with Crippen molar-refractivity contribution in [2.45, 2.75) is 23.7 Å². The van der Waals surface area contributed by atoms with Gasteiger partial charge in [-0.15, -0.1) is 11.3 Å². The van der Waals surface area contributed by atoms with Crippen molar-refractivity contribution in [2.75, 3.05) is 13.1 Å². The van der Waals surface area contributed by atoms with Crippen molar-refractivity contribution in [2.24, 2.45) is 5.92 Å². The molecule has 6 nitrogen and oxygen atoms in total. The Kier molecular flexibility index (Phi) is 6.26. The number of hydrogen-bond acceptors (Lipinski definition) is 5. The van der Waals surface area contributed by atoms with Crippen LogP contribution in [0.2, 0.25) is 0 Å². The van der Waals surface area contributed by atoms with E-state index < -0.39 is 10.0 Å². The number of rotatable bonds is 7. The number of nitrogens with zero attached hydrogens (tertiary/aromatic N) is 1. The number of sulfonamides is 1. The Bertz CT molecular complexity index is 1120. The van der Waals surface area contributed by atoms with Crippen LogP contribution < -0.4 is 10.0 Å². The zero-order valence-corrected chi connectivity index (χ0v) is 18.0. The third-order valence-electron chi connectivity index (χ3n) is 5.17. The first-order valence-electron chi connectivity index (χ1n) is 9.87. The fraction of sp³-hybridized carbons (Fsp3) is 0.273. The average Bonchev–Trinajstić information content (AvgIpc) is 3.21. The van der Waals surface area contributed by atoms with Crippen LogP contribution in [0.25, 0.3) is 10.2 Å². The minimum Gasteiger partial charge on any atom is -0.355 e. The second kappa shape index (κ2) is 9.07. The van der Waals surface area contributed by atoms with Crippen LogP contribution in [-0.2, 0) is 14.8 Å². The van der Waals surface area contributed by atoms with Crippen molar-refractivity contribution in [3.8, 4) is 0 Å². The van der Waals surface area contributed by atoms with Gasteiger partial charge in [-0.1, -0.05) is 42.5 Å². The molecule has 0 saturated heterocycles. The van der Waals surface area contributed by atoms with E-state index in [1.807, 2.05) is 30.3 Å². The van der Waals surface area contributed by atoms with Crippen LogP contribution in [0.15, 0.2) is 71.6 Å². The summed E-state index contributed by atoms with van der Waals surface area (Å²) in [6, 6.07) is 16.2. The van der Waals surface area contributed by atoms with Crippen molar-refractivity contribution < 1.29 is 13.2 Å². The van der Waals surface area contributed by atoms with Crippen molar-refractivity contribution in [1.82, 2.24) is 15.0 Å². The van der Waals surface area contributed by atoms with Crippen molar-refractivity contribution in [1.29, 1.82) is 0 Å². The molecule has 1 amide bonds. The van der Waals surface area contributed by atoms with Crippen LogP contribution in [-0.4, -0.2) is 32.4 Å². The molecule has 1 aliphatic carbocycles. The van der Waals surface area contributed by atoms with Crippen LogP contribution in [0.1, 0.15) is 23.8 Å². The number of para-hydroxylation sites is 1. The number of aromatic nitrogens is 1. The van der Waals surface area contributed by atoms with Gasteiger partial charge in [0.1, 0.15) is 0 Å². The number of carbonyl (C=O) groups excluding carboxylic acids is 1. The van der Waals surface area contributed by atoms with Gasteiger partial charge in [0.15, 0.2) is 0 Å². The molecule has 8 heteroatoms. The maximum atomic E-state index is 12.8. The molecule has 1 heterocycles. The van der Waals surface area contributed by atoms with Gasteiger partial charge in [-0.25, -0.2) is 18.1 Å². The van der Waals surface area contributed by atoms with Crippen molar-refractivity contribution in [3.05, 3.63) is 71.8 Å². The Morgan fingerprint density at radius 2 is 1.73 bits per heavy atom. The summed E-state index contributed by atoms with van der Waals surface area (Å²) in [4.78, 5) is 17.8. The van der Waals surface area contributed by atoms with Gasteiger partial charge < -0.3 is 5.32 Å².